The van der Waals surface area contributed by atoms with Gasteiger partial charge >= 0.3 is 0 Å². The Labute approximate surface area is 82.0 Å². The monoisotopic (exact) mass is 191 g/mol. The van der Waals surface area contributed by atoms with Crippen LogP contribution in [-0.2, 0) is 6.54 Å². The van der Waals surface area contributed by atoms with Crippen molar-refractivity contribution < 1.29 is 0 Å². The molecule has 0 aliphatic carbocycles. The van der Waals surface area contributed by atoms with E-state index in [9.17, 15) is 0 Å². The van der Waals surface area contributed by atoms with Crippen molar-refractivity contribution in [3.05, 3.63) is 36.2 Å². The third kappa shape index (κ3) is 2.00. The van der Waals surface area contributed by atoms with Crippen LogP contribution in [0.2, 0.25) is 0 Å². The average Bonchev–Trinajstić information content (AvgIpc) is 2.87. The largest absolute Gasteiger partial charge is 0.364 e. The number of H-pyrrole nitrogens is 2. The minimum Gasteiger partial charge on any atom is -0.364 e. The fourth-order valence-electron chi connectivity index (χ4n) is 1.26. The molecule has 3 N–H and O–H groups in total. The van der Waals surface area contributed by atoms with Gasteiger partial charge in [-0.1, -0.05) is 0 Å². The number of hydrogen-bond donors (Lipinski definition) is 3. The predicted octanol–water partition coefficient (Wildman–Crippen LogP) is 0.984. The van der Waals surface area contributed by atoms with Crippen LogP contribution in [0.4, 0.5) is 0 Å². The highest BCUT2D eigenvalue weighted by molar-refractivity contribution is 5.03. The molecule has 0 aliphatic rings. The summed E-state index contributed by atoms with van der Waals surface area (Å²) < 4.78 is 0. The number of aromatic amines is 2. The van der Waals surface area contributed by atoms with Gasteiger partial charge in [0.1, 0.15) is 12.2 Å². The molecule has 14 heavy (non-hydrogen) atoms. The minimum absolute atomic E-state index is 0.181. The van der Waals surface area contributed by atoms with Gasteiger partial charge in [0.2, 0.25) is 0 Å². The zero-order valence-electron chi connectivity index (χ0n) is 7.99. The molecule has 0 aliphatic heterocycles. The molecule has 0 fully saturated rings. The third-order valence-electron chi connectivity index (χ3n) is 2.10. The molecule has 5 heteroatoms. The Hall–Kier alpha value is -1.62. The molecule has 0 aromatic carbocycles. The van der Waals surface area contributed by atoms with E-state index >= 15 is 0 Å². The summed E-state index contributed by atoms with van der Waals surface area (Å²) >= 11 is 0. The Kier molecular flexibility index (Phi) is 2.60. The van der Waals surface area contributed by atoms with Crippen LogP contribution in [0.15, 0.2) is 24.7 Å². The van der Waals surface area contributed by atoms with Crippen LogP contribution < -0.4 is 5.32 Å². The van der Waals surface area contributed by atoms with Crippen molar-refractivity contribution in [3.8, 4) is 0 Å². The van der Waals surface area contributed by atoms with Crippen LogP contribution in [0.1, 0.15) is 24.5 Å². The second-order valence-electron chi connectivity index (χ2n) is 3.17. The van der Waals surface area contributed by atoms with E-state index in [1.807, 2.05) is 25.3 Å². The van der Waals surface area contributed by atoms with Gasteiger partial charge in [-0.05, 0) is 19.1 Å². The van der Waals surface area contributed by atoms with E-state index < -0.39 is 0 Å². The van der Waals surface area contributed by atoms with Crippen molar-refractivity contribution >= 4 is 0 Å². The summed E-state index contributed by atoms with van der Waals surface area (Å²) in [7, 11) is 0. The van der Waals surface area contributed by atoms with Crippen LogP contribution in [0.3, 0.4) is 0 Å². The van der Waals surface area contributed by atoms with E-state index in [-0.39, 0.29) is 6.04 Å². The van der Waals surface area contributed by atoms with E-state index in [1.54, 1.807) is 0 Å². The van der Waals surface area contributed by atoms with Crippen molar-refractivity contribution in [2.45, 2.75) is 19.5 Å². The first-order valence-electron chi connectivity index (χ1n) is 4.57. The summed E-state index contributed by atoms with van der Waals surface area (Å²) in [4.78, 5) is 7.21. The quantitative estimate of drug-likeness (QED) is 0.674. The first-order valence-corrected chi connectivity index (χ1v) is 4.57. The molecule has 2 heterocycles. The molecule has 0 bridgehead atoms. The molecule has 2 rings (SSSR count). The first-order chi connectivity index (χ1) is 6.86. The predicted molar refractivity (Wildman–Crippen MR) is 52.4 cm³/mol. The van der Waals surface area contributed by atoms with Crippen molar-refractivity contribution in [1.29, 1.82) is 0 Å². The van der Waals surface area contributed by atoms with Gasteiger partial charge in [0, 0.05) is 18.4 Å². The highest BCUT2D eigenvalue weighted by atomic mass is 15.2. The van der Waals surface area contributed by atoms with Gasteiger partial charge in [-0.15, -0.1) is 0 Å². The lowest BCUT2D eigenvalue weighted by atomic mass is 10.3. The molecule has 0 amide bonds. The van der Waals surface area contributed by atoms with E-state index in [0.717, 1.165) is 18.1 Å². The Balaban J connectivity index is 1.87. The normalized spacial score (nSPS) is 12.9. The highest BCUT2D eigenvalue weighted by Crippen LogP contribution is 2.05. The lowest BCUT2D eigenvalue weighted by molar-refractivity contribution is 0.543. The lowest BCUT2D eigenvalue weighted by Crippen LogP contribution is -2.19. The molecule has 74 valence electrons. The van der Waals surface area contributed by atoms with E-state index in [0.29, 0.717) is 0 Å². The Morgan fingerprint density at radius 1 is 1.57 bits per heavy atom. The molecule has 0 saturated carbocycles. The maximum atomic E-state index is 4.08. The first kappa shape index (κ1) is 8.96. The number of aromatic nitrogens is 4. The van der Waals surface area contributed by atoms with Crippen molar-refractivity contribution in [3.63, 3.8) is 0 Å². The summed E-state index contributed by atoms with van der Waals surface area (Å²) in [5, 5.41) is 9.96. The summed E-state index contributed by atoms with van der Waals surface area (Å²) in [6, 6.07) is 4.21. The second kappa shape index (κ2) is 4.06. The van der Waals surface area contributed by atoms with Crippen molar-refractivity contribution in [2.24, 2.45) is 0 Å². The SMILES string of the molecule is CC(NCc1ccc[nH]1)c1ncn[nH]1. The molecule has 2 aromatic rings. The zero-order chi connectivity index (χ0) is 9.80. The maximum Gasteiger partial charge on any atom is 0.141 e. The van der Waals surface area contributed by atoms with E-state index in [4.69, 9.17) is 0 Å². The molecule has 0 radical (unpaired) electrons. The summed E-state index contributed by atoms with van der Waals surface area (Å²) in [5.74, 6) is 0.858. The van der Waals surface area contributed by atoms with Gasteiger partial charge in [0.15, 0.2) is 0 Å². The number of nitrogens with zero attached hydrogens (tertiary/aromatic N) is 2. The number of rotatable bonds is 4. The van der Waals surface area contributed by atoms with Crippen LogP contribution >= 0.6 is 0 Å². The van der Waals surface area contributed by atoms with E-state index in [1.165, 1.54) is 6.33 Å². The Morgan fingerprint density at radius 2 is 2.50 bits per heavy atom. The van der Waals surface area contributed by atoms with Crippen molar-refractivity contribution in [2.75, 3.05) is 0 Å². The molecular weight excluding hydrogens is 178 g/mol. The van der Waals surface area contributed by atoms with Gasteiger partial charge in [0.05, 0.1) is 6.04 Å². The van der Waals surface area contributed by atoms with E-state index in [2.05, 4.69) is 25.5 Å². The average molecular weight is 191 g/mol. The summed E-state index contributed by atoms with van der Waals surface area (Å²) in [5.41, 5.74) is 1.16. The van der Waals surface area contributed by atoms with Gasteiger partial charge in [0.25, 0.3) is 0 Å². The fraction of sp³-hybridized carbons (Fsp3) is 0.333. The molecular formula is C9H13N5. The van der Waals surface area contributed by atoms with Gasteiger partial charge in [-0.2, -0.15) is 5.10 Å². The minimum atomic E-state index is 0.181. The molecule has 1 unspecified atom stereocenters. The summed E-state index contributed by atoms with van der Waals surface area (Å²) in [6.07, 6.45) is 3.43. The zero-order valence-corrected chi connectivity index (χ0v) is 7.99. The molecule has 2 aromatic heterocycles. The second-order valence-corrected chi connectivity index (χ2v) is 3.17. The number of nitrogens with one attached hydrogen (secondary N) is 3. The van der Waals surface area contributed by atoms with Crippen LogP contribution in [0, 0.1) is 0 Å². The highest BCUT2D eigenvalue weighted by Gasteiger charge is 2.06. The number of hydrogen-bond acceptors (Lipinski definition) is 3. The Morgan fingerprint density at radius 3 is 3.14 bits per heavy atom. The Bertz CT molecular complexity index is 350. The standard InChI is InChI=1S/C9H13N5/c1-7(9-12-6-13-14-9)11-5-8-3-2-4-10-8/h2-4,6-7,10-11H,5H2,1H3,(H,12,13,14). The van der Waals surface area contributed by atoms with Crippen molar-refractivity contribution in [1.82, 2.24) is 25.5 Å². The van der Waals surface area contributed by atoms with Gasteiger partial charge in [-0.3, -0.25) is 5.10 Å². The topological polar surface area (TPSA) is 69.4 Å². The molecule has 5 nitrogen and oxygen atoms in total. The molecule has 0 saturated heterocycles. The maximum absolute atomic E-state index is 4.08. The van der Waals surface area contributed by atoms with Gasteiger partial charge in [-0.25, -0.2) is 4.98 Å². The van der Waals surface area contributed by atoms with Crippen LogP contribution in [-0.4, -0.2) is 20.2 Å². The van der Waals surface area contributed by atoms with Gasteiger partial charge < -0.3 is 10.3 Å². The van der Waals surface area contributed by atoms with Crippen LogP contribution in [0.25, 0.3) is 0 Å². The molecule has 1 atom stereocenters. The lowest BCUT2D eigenvalue weighted by Gasteiger charge is -2.09. The fourth-order valence-corrected chi connectivity index (χ4v) is 1.26. The molecule has 0 spiro atoms. The summed E-state index contributed by atoms with van der Waals surface area (Å²) in [6.45, 7) is 2.85. The van der Waals surface area contributed by atoms with Crippen LogP contribution in [0.5, 0.6) is 0 Å². The smallest absolute Gasteiger partial charge is 0.141 e. The third-order valence-corrected chi connectivity index (χ3v) is 2.10.